The molecule has 0 aliphatic heterocycles. The maximum atomic E-state index is 12.9. The van der Waals surface area contributed by atoms with E-state index in [4.69, 9.17) is 9.05 Å². The van der Waals surface area contributed by atoms with Crippen molar-refractivity contribution in [1.29, 1.82) is 0 Å². The van der Waals surface area contributed by atoms with Gasteiger partial charge in [-0.25, -0.2) is 4.57 Å². The zero-order chi connectivity index (χ0) is 42.8. The molecule has 0 radical (unpaired) electrons. The molecule has 0 bridgehead atoms. The van der Waals surface area contributed by atoms with Crippen molar-refractivity contribution in [3.05, 3.63) is 24.3 Å². The van der Waals surface area contributed by atoms with Gasteiger partial charge in [-0.3, -0.25) is 13.8 Å². The van der Waals surface area contributed by atoms with Crippen LogP contribution in [0.2, 0.25) is 0 Å². The zero-order valence-corrected chi connectivity index (χ0v) is 39.9. The average molecular weight is 842 g/mol. The Morgan fingerprint density at radius 3 is 1.41 bits per heavy atom. The van der Waals surface area contributed by atoms with E-state index in [0.29, 0.717) is 23.9 Å². The molecule has 3 N–H and O–H groups in total. The third-order valence-electron chi connectivity index (χ3n) is 11.2. The average Bonchev–Trinajstić information content (AvgIpc) is 3.17. The molecule has 0 spiro atoms. The summed E-state index contributed by atoms with van der Waals surface area (Å²) in [6, 6.07) is -0.760. The van der Waals surface area contributed by atoms with Crippen LogP contribution in [0.4, 0.5) is 0 Å². The first kappa shape index (κ1) is 57.0. The highest BCUT2D eigenvalue weighted by Crippen LogP contribution is 2.43. The lowest BCUT2D eigenvalue weighted by Gasteiger charge is -2.26. The van der Waals surface area contributed by atoms with Crippen LogP contribution >= 0.6 is 7.82 Å². The maximum Gasteiger partial charge on any atom is 0.472 e. The molecule has 8 nitrogen and oxygen atoms in total. The van der Waals surface area contributed by atoms with Gasteiger partial charge < -0.3 is 19.8 Å². The van der Waals surface area contributed by atoms with Crippen LogP contribution in [0.15, 0.2) is 24.3 Å². The second-order valence-corrected chi connectivity index (χ2v) is 19.6. The predicted octanol–water partition coefficient (Wildman–Crippen LogP) is 14.1. The molecule has 58 heavy (non-hydrogen) atoms. The molecule has 0 fully saturated rings. The first-order valence-corrected chi connectivity index (χ1v) is 26.2. The van der Waals surface area contributed by atoms with Crippen LogP contribution in [0.1, 0.15) is 232 Å². The van der Waals surface area contributed by atoms with E-state index in [2.05, 4.69) is 43.5 Å². The lowest BCUT2D eigenvalue weighted by Crippen LogP contribution is -2.46. The number of nitrogens with one attached hydrogen (secondary N) is 1. The number of carbonyl (C=O) groups excluding carboxylic acids is 1. The lowest BCUT2D eigenvalue weighted by molar-refractivity contribution is -0.870. The topological polar surface area (TPSA) is 105 Å². The number of likely N-dealkylation sites (N-methyl/N-ethyl adjacent to an activating group) is 1. The Morgan fingerprint density at radius 2 is 0.983 bits per heavy atom. The van der Waals surface area contributed by atoms with Crippen molar-refractivity contribution in [2.45, 2.75) is 244 Å². The first-order valence-electron chi connectivity index (χ1n) is 24.7. The Balaban J connectivity index is 4.16. The normalized spacial score (nSPS) is 14.4. The number of rotatable bonds is 45. The molecule has 0 aliphatic rings. The molecule has 0 aromatic heterocycles. The Labute approximate surface area is 360 Å². The van der Waals surface area contributed by atoms with E-state index >= 15 is 0 Å². The third kappa shape index (κ3) is 43.1. The number of phosphoric acid groups is 1. The summed E-state index contributed by atoms with van der Waals surface area (Å²) in [6.45, 7) is 4.88. The van der Waals surface area contributed by atoms with Crippen molar-refractivity contribution in [3.63, 3.8) is 0 Å². The van der Waals surface area contributed by atoms with Crippen molar-refractivity contribution in [2.24, 2.45) is 0 Å². The van der Waals surface area contributed by atoms with Gasteiger partial charge in [-0.2, -0.15) is 0 Å². The van der Waals surface area contributed by atoms with Gasteiger partial charge in [0.25, 0.3) is 0 Å². The van der Waals surface area contributed by atoms with Gasteiger partial charge in [0.05, 0.1) is 39.9 Å². The minimum Gasteiger partial charge on any atom is -0.391 e. The van der Waals surface area contributed by atoms with Gasteiger partial charge in [0.1, 0.15) is 13.2 Å². The van der Waals surface area contributed by atoms with Crippen molar-refractivity contribution in [1.82, 2.24) is 5.32 Å². The van der Waals surface area contributed by atoms with Gasteiger partial charge in [0.15, 0.2) is 0 Å². The number of aliphatic hydroxyl groups is 1. The van der Waals surface area contributed by atoms with Crippen molar-refractivity contribution in [2.75, 3.05) is 40.9 Å². The molecule has 0 heterocycles. The summed E-state index contributed by atoms with van der Waals surface area (Å²) in [5.74, 6) is -0.149. The predicted molar refractivity (Wildman–Crippen MR) is 249 cm³/mol. The number of hydrogen-bond acceptors (Lipinski definition) is 5. The number of aliphatic hydroxyl groups excluding tert-OH is 1. The molecule has 0 aromatic carbocycles. The number of amides is 1. The number of hydrogen-bond donors (Lipinski definition) is 3. The molecule has 0 rings (SSSR count). The summed E-state index contributed by atoms with van der Waals surface area (Å²) in [4.78, 5) is 23.2. The smallest absolute Gasteiger partial charge is 0.391 e. The molecule has 3 unspecified atom stereocenters. The Hall–Kier alpha value is -1.02. The summed E-state index contributed by atoms with van der Waals surface area (Å²) >= 11 is 0. The first-order chi connectivity index (χ1) is 28.0. The summed E-state index contributed by atoms with van der Waals surface area (Å²) in [5.41, 5.74) is 0. The van der Waals surface area contributed by atoms with E-state index in [1.165, 1.54) is 161 Å². The van der Waals surface area contributed by atoms with Crippen molar-refractivity contribution in [3.8, 4) is 0 Å². The minimum atomic E-state index is -4.31. The standard InChI is InChI=1S/C49H97N2O6P/c1-6-8-10-12-14-16-18-19-20-21-22-23-24-25-26-27-28-29-30-31-33-35-37-39-41-43-49(53)50-47(46-57-58(54,55)56-45-44-51(3,4)5)48(52)42-40-38-36-34-32-17-15-13-11-9-7-2/h22-23,25-26,47-48,52H,6-21,24,27-46H2,1-5H3,(H-,50,53,54,55)/p+1/b23-22-,26-25-. The second-order valence-electron chi connectivity index (χ2n) is 18.2. The van der Waals surface area contributed by atoms with Gasteiger partial charge in [-0.1, -0.05) is 205 Å². The van der Waals surface area contributed by atoms with Crippen LogP contribution < -0.4 is 5.32 Å². The number of nitrogens with zero attached hydrogens (tertiary/aromatic N) is 1. The number of allylic oxidation sites excluding steroid dienone is 4. The molecule has 344 valence electrons. The van der Waals surface area contributed by atoms with E-state index in [1.54, 1.807) is 0 Å². The molecular formula is C49H98N2O6P+. The summed E-state index contributed by atoms with van der Waals surface area (Å²) in [6.07, 6.45) is 49.3. The molecular weight excluding hydrogens is 744 g/mol. The highest BCUT2D eigenvalue weighted by atomic mass is 31.2. The summed E-state index contributed by atoms with van der Waals surface area (Å²) in [7, 11) is 1.62. The number of quaternary nitrogens is 1. The summed E-state index contributed by atoms with van der Waals surface area (Å²) < 4.78 is 23.6. The fourth-order valence-electron chi connectivity index (χ4n) is 7.25. The highest BCUT2D eigenvalue weighted by Gasteiger charge is 2.28. The molecule has 3 atom stereocenters. The van der Waals surface area contributed by atoms with Crippen LogP contribution in [0.5, 0.6) is 0 Å². The second kappa shape index (κ2) is 41.3. The molecule has 0 aliphatic carbocycles. The van der Waals surface area contributed by atoms with Crippen LogP contribution in [-0.2, 0) is 18.4 Å². The molecule has 0 aromatic rings. The number of carbonyl (C=O) groups is 1. The Kier molecular flexibility index (Phi) is 40.6. The fourth-order valence-corrected chi connectivity index (χ4v) is 7.99. The molecule has 9 heteroatoms. The Morgan fingerprint density at radius 1 is 0.586 bits per heavy atom. The van der Waals surface area contributed by atoms with Crippen LogP contribution in [-0.4, -0.2) is 73.4 Å². The monoisotopic (exact) mass is 842 g/mol. The van der Waals surface area contributed by atoms with E-state index in [1.807, 2.05) is 21.1 Å². The van der Waals surface area contributed by atoms with Crippen LogP contribution in [0.3, 0.4) is 0 Å². The Bertz CT molecular complexity index is 1000. The third-order valence-corrected chi connectivity index (χ3v) is 12.2. The van der Waals surface area contributed by atoms with Gasteiger partial charge in [-0.05, 0) is 44.9 Å². The summed E-state index contributed by atoms with van der Waals surface area (Å²) in [5, 5.41) is 13.9. The van der Waals surface area contributed by atoms with Gasteiger partial charge in [-0.15, -0.1) is 0 Å². The maximum absolute atomic E-state index is 12.9. The van der Waals surface area contributed by atoms with Gasteiger partial charge >= 0.3 is 7.82 Å². The molecule has 0 saturated heterocycles. The van der Waals surface area contributed by atoms with Crippen LogP contribution in [0, 0.1) is 0 Å². The van der Waals surface area contributed by atoms with E-state index in [0.717, 1.165) is 44.9 Å². The highest BCUT2D eigenvalue weighted by molar-refractivity contribution is 7.47. The SMILES string of the molecule is CCCCCCCCCCC/C=C\C/C=C\CCCCCCCCCCCC(=O)NC(COP(=O)(O)OCC[N+](C)(C)C)C(O)CCCCCCCCCCCCC. The van der Waals surface area contributed by atoms with Crippen molar-refractivity contribution >= 4 is 13.7 Å². The van der Waals surface area contributed by atoms with Crippen molar-refractivity contribution < 1.29 is 32.9 Å². The molecule has 0 saturated carbocycles. The van der Waals surface area contributed by atoms with Gasteiger partial charge in [0, 0.05) is 6.42 Å². The van der Waals surface area contributed by atoms with E-state index < -0.39 is 20.0 Å². The largest absolute Gasteiger partial charge is 0.472 e. The van der Waals surface area contributed by atoms with E-state index in [9.17, 15) is 19.4 Å². The zero-order valence-electron chi connectivity index (χ0n) is 39.0. The van der Waals surface area contributed by atoms with E-state index in [-0.39, 0.29) is 19.1 Å². The van der Waals surface area contributed by atoms with Gasteiger partial charge in [0.2, 0.25) is 5.91 Å². The minimum absolute atomic E-state index is 0.0744. The van der Waals surface area contributed by atoms with Crippen LogP contribution in [0.25, 0.3) is 0 Å². The fraction of sp³-hybridized carbons (Fsp3) is 0.898. The number of phosphoric ester groups is 1. The quantitative estimate of drug-likeness (QED) is 0.0244. The lowest BCUT2D eigenvalue weighted by atomic mass is 10.0. The molecule has 1 amide bonds. The number of unbranched alkanes of at least 4 members (excludes halogenated alkanes) is 28.